The standard InChI is InChI=1S/C21H21BrN2O2S/c1-21(2,19(25)24-20-23-11-12-27-20)18(14-7-5-4-6-8-14)15-9-10-17(26-3)16(22)13-15/h4-13,18H,1-3H3,(H,23,24,25)/t18-/m0/s1. The number of methoxy groups -OCH3 is 1. The van der Waals surface area contributed by atoms with E-state index in [4.69, 9.17) is 4.74 Å². The van der Waals surface area contributed by atoms with Gasteiger partial charge in [-0.3, -0.25) is 4.79 Å². The maximum atomic E-state index is 13.1. The van der Waals surface area contributed by atoms with Crippen LogP contribution in [0.4, 0.5) is 5.13 Å². The van der Waals surface area contributed by atoms with E-state index in [0.717, 1.165) is 21.3 Å². The van der Waals surface area contributed by atoms with Crippen molar-refractivity contribution in [2.45, 2.75) is 19.8 Å². The van der Waals surface area contributed by atoms with Crippen molar-refractivity contribution in [2.24, 2.45) is 5.41 Å². The Hall–Kier alpha value is -2.18. The van der Waals surface area contributed by atoms with Gasteiger partial charge in [-0.1, -0.05) is 50.2 Å². The molecule has 1 amide bonds. The molecule has 0 bridgehead atoms. The third-order valence-electron chi connectivity index (χ3n) is 4.60. The lowest BCUT2D eigenvalue weighted by Crippen LogP contribution is -2.37. The van der Waals surface area contributed by atoms with E-state index in [1.165, 1.54) is 11.3 Å². The minimum absolute atomic E-state index is 0.0711. The van der Waals surface area contributed by atoms with Crippen LogP contribution >= 0.6 is 27.3 Å². The highest BCUT2D eigenvalue weighted by atomic mass is 79.9. The van der Waals surface area contributed by atoms with Gasteiger partial charge in [-0.15, -0.1) is 11.3 Å². The molecule has 3 rings (SSSR count). The lowest BCUT2D eigenvalue weighted by molar-refractivity contribution is -0.124. The number of carbonyl (C=O) groups is 1. The number of hydrogen-bond donors (Lipinski definition) is 1. The molecule has 6 heteroatoms. The molecule has 0 radical (unpaired) electrons. The molecule has 0 fully saturated rings. The number of halogens is 1. The Kier molecular flexibility index (Phi) is 5.97. The Morgan fingerprint density at radius 3 is 2.52 bits per heavy atom. The van der Waals surface area contributed by atoms with Gasteiger partial charge in [0.05, 0.1) is 17.0 Å². The van der Waals surface area contributed by atoms with E-state index < -0.39 is 5.41 Å². The first-order valence-corrected chi connectivity index (χ1v) is 10.2. The van der Waals surface area contributed by atoms with Crippen LogP contribution in [0.1, 0.15) is 30.9 Å². The van der Waals surface area contributed by atoms with Crippen molar-refractivity contribution in [3.05, 3.63) is 75.7 Å². The van der Waals surface area contributed by atoms with Crippen molar-refractivity contribution in [1.82, 2.24) is 4.98 Å². The molecule has 140 valence electrons. The number of thiazole rings is 1. The topological polar surface area (TPSA) is 51.2 Å². The van der Waals surface area contributed by atoms with Gasteiger partial charge >= 0.3 is 0 Å². The van der Waals surface area contributed by atoms with Gasteiger partial charge in [0.2, 0.25) is 5.91 Å². The third-order valence-corrected chi connectivity index (χ3v) is 5.91. The number of ether oxygens (including phenoxy) is 1. The Bertz CT molecular complexity index is 911. The Morgan fingerprint density at radius 2 is 1.93 bits per heavy atom. The second-order valence-corrected chi connectivity index (χ2v) is 8.50. The second kappa shape index (κ2) is 8.23. The smallest absolute Gasteiger partial charge is 0.232 e. The van der Waals surface area contributed by atoms with Crippen molar-refractivity contribution in [1.29, 1.82) is 0 Å². The molecule has 27 heavy (non-hydrogen) atoms. The van der Waals surface area contributed by atoms with Crippen molar-refractivity contribution in [3.63, 3.8) is 0 Å². The lowest BCUT2D eigenvalue weighted by atomic mass is 9.70. The Morgan fingerprint density at radius 1 is 1.19 bits per heavy atom. The Labute approximate surface area is 171 Å². The molecule has 1 N–H and O–H groups in total. The quantitative estimate of drug-likeness (QED) is 0.529. The molecule has 1 aromatic heterocycles. The zero-order valence-corrected chi connectivity index (χ0v) is 17.8. The molecule has 0 spiro atoms. The van der Waals surface area contributed by atoms with Gasteiger partial charge in [0.15, 0.2) is 5.13 Å². The number of anilines is 1. The molecule has 0 aliphatic heterocycles. The van der Waals surface area contributed by atoms with Crippen molar-refractivity contribution in [3.8, 4) is 5.75 Å². The van der Waals surface area contributed by atoms with Crippen LogP contribution in [0.25, 0.3) is 0 Å². The average molecular weight is 445 g/mol. The maximum absolute atomic E-state index is 13.1. The van der Waals surface area contributed by atoms with E-state index in [0.29, 0.717) is 5.13 Å². The fraction of sp³-hybridized carbons (Fsp3) is 0.238. The largest absolute Gasteiger partial charge is 0.496 e. The van der Waals surface area contributed by atoms with Crippen LogP contribution in [0.15, 0.2) is 64.6 Å². The fourth-order valence-corrected chi connectivity index (χ4v) is 4.29. The van der Waals surface area contributed by atoms with Crippen LogP contribution < -0.4 is 10.1 Å². The summed E-state index contributed by atoms with van der Waals surface area (Å²) in [5, 5.41) is 5.40. The number of benzene rings is 2. The summed E-state index contributed by atoms with van der Waals surface area (Å²) in [6, 6.07) is 16.0. The zero-order valence-electron chi connectivity index (χ0n) is 15.4. The summed E-state index contributed by atoms with van der Waals surface area (Å²) in [4.78, 5) is 17.3. The molecule has 0 unspecified atom stereocenters. The number of nitrogens with one attached hydrogen (secondary N) is 1. The van der Waals surface area contributed by atoms with Gasteiger partial charge in [-0.05, 0) is 39.2 Å². The third kappa shape index (κ3) is 4.22. The first-order valence-electron chi connectivity index (χ1n) is 8.53. The van der Waals surface area contributed by atoms with Crippen molar-refractivity contribution >= 4 is 38.3 Å². The minimum atomic E-state index is -0.707. The van der Waals surface area contributed by atoms with Gasteiger partial charge in [-0.2, -0.15) is 0 Å². The first kappa shape index (κ1) is 19.6. The number of aromatic nitrogens is 1. The highest BCUT2D eigenvalue weighted by molar-refractivity contribution is 9.10. The van der Waals surface area contributed by atoms with E-state index in [1.54, 1.807) is 13.3 Å². The Balaban J connectivity index is 2.04. The SMILES string of the molecule is COc1ccc([C@H](c2ccccc2)C(C)(C)C(=O)Nc2nccs2)cc1Br. The number of hydrogen-bond acceptors (Lipinski definition) is 4. The lowest BCUT2D eigenvalue weighted by Gasteiger charge is -2.34. The molecule has 1 heterocycles. The molecule has 3 aromatic rings. The summed E-state index contributed by atoms with van der Waals surface area (Å²) in [5.41, 5.74) is 1.41. The van der Waals surface area contributed by atoms with Crippen LogP contribution in [0.2, 0.25) is 0 Å². The summed E-state index contributed by atoms with van der Waals surface area (Å²) in [5.74, 6) is 0.551. The minimum Gasteiger partial charge on any atom is -0.496 e. The van der Waals surface area contributed by atoms with Gasteiger partial charge in [0.25, 0.3) is 0 Å². The first-order chi connectivity index (χ1) is 12.9. The molecule has 0 aliphatic carbocycles. The van der Waals surface area contributed by atoms with Crippen molar-refractivity contribution < 1.29 is 9.53 Å². The van der Waals surface area contributed by atoms with E-state index >= 15 is 0 Å². The highest BCUT2D eigenvalue weighted by Crippen LogP contribution is 2.43. The van der Waals surface area contributed by atoms with Gasteiger partial charge in [-0.25, -0.2) is 4.98 Å². The molecule has 1 atom stereocenters. The molecule has 0 saturated heterocycles. The van der Waals surface area contributed by atoms with E-state index in [2.05, 4.69) is 38.4 Å². The highest BCUT2D eigenvalue weighted by Gasteiger charge is 2.39. The molecular formula is C21H21BrN2O2S. The predicted molar refractivity (Wildman–Crippen MR) is 114 cm³/mol. The van der Waals surface area contributed by atoms with E-state index in [-0.39, 0.29) is 11.8 Å². The number of carbonyl (C=O) groups excluding carboxylic acids is 1. The van der Waals surface area contributed by atoms with Crippen molar-refractivity contribution in [2.75, 3.05) is 12.4 Å². The summed E-state index contributed by atoms with van der Waals surface area (Å²) in [7, 11) is 1.64. The second-order valence-electron chi connectivity index (χ2n) is 6.75. The summed E-state index contributed by atoms with van der Waals surface area (Å²) < 4.78 is 6.22. The zero-order chi connectivity index (χ0) is 19.4. The van der Waals surface area contributed by atoms with Crippen LogP contribution in [0.5, 0.6) is 5.75 Å². The number of nitrogens with zero attached hydrogens (tertiary/aromatic N) is 1. The fourth-order valence-electron chi connectivity index (χ4n) is 3.21. The molecule has 0 aliphatic rings. The average Bonchev–Trinajstić information content (AvgIpc) is 3.16. The van der Waals surface area contributed by atoms with Crippen LogP contribution in [-0.4, -0.2) is 18.0 Å². The molecule has 4 nitrogen and oxygen atoms in total. The van der Waals surface area contributed by atoms with Gasteiger partial charge in [0.1, 0.15) is 5.75 Å². The number of amides is 1. The van der Waals surface area contributed by atoms with Crippen LogP contribution in [0, 0.1) is 5.41 Å². The van der Waals surface area contributed by atoms with Gasteiger partial charge in [0, 0.05) is 17.5 Å². The molecule has 0 saturated carbocycles. The predicted octanol–water partition coefficient (Wildman–Crippen LogP) is 5.71. The van der Waals surface area contributed by atoms with E-state index in [1.807, 2.05) is 55.6 Å². The van der Waals surface area contributed by atoms with Gasteiger partial charge < -0.3 is 10.1 Å². The summed E-state index contributed by atoms with van der Waals surface area (Å²) in [6.07, 6.45) is 1.68. The maximum Gasteiger partial charge on any atom is 0.232 e. The molecular weight excluding hydrogens is 424 g/mol. The van der Waals surface area contributed by atoms with E-state index in [9.17, 15) is 4.79 Å². The van der Waals surface area contributed by atoms with Crippen LogP contribution in [0.3, 0.4) is 0 Å². The van der Waals surface area contributed by atoms with Crippen LogP contribution in [-0.2, 0) is 4.79 Å². The summed E-state index contributed by atoms with van der Waals surface area (Å²) >= 11 is 4.98. The summed E-state index contributed by atoms with van der Waals surface area (Å²) in [6.45, 7) is 3.93. The normalized spacial score (nSPS) is 12.4. The monoisotopic (exact) mass is 444 g/mol. The number of rotatable bonds is 6. The molecule has 2 aromatic carbocycles.